The number of nitrogens with zero attached hydrogens (tertiary/aromatic N) is 1. The molecule has 1 aliphatic heterocycles. The molecular weight excluding hydrogens is 277 g/mol. The summed E-state index contributed by atoms with van der Waals surface area (Å²) in [5.41, 5.74) is 6.17. The van der Waals surface area contributed by atoms with Gasteiger partial charge in [-0.05, 0) is 36.9 Å². The van der Waals surface area contributed by atoms with Crippen molar-refractivity contribution in [3.05, 3.63) is 24.0 Å². The molecule has 20 heavy (non-hydrogen) atoms. The Morgan fingerprint density at radius 3 is 3.10 bits per heavy atom. The van der Waals surface area contributed by atoms with E-state index in [0.29, 0.717) is 12.1 Å². The van der Waals surface area contributed by atoms with Crippen LogP contribution in [-0.2, 0) is 4.79 Å². The van der Waals surface area contributed by atoms with E-state index >= 15 is 0 Å². The first-order valence-electron chi connectivity index (χ1n) is 6.80. The van der Waals surface area contributed by atoms with Gasteiger partial charge in [-0.3, -0.25) is 4.79 Å². The molecule has 2 rings (SSSR count). The molecule has 1 aliphatic rings. The van der Waals surface area contributed by atoms with Crippen molar-refractivity contribution in [3.63, 3.8) is 0 Å². The number of hydrogen-bond acceptors (Lipinski definition) is 4. The third-order valence-corrected chi connectivity index (χ3v) is 4.28. The molecular formula is C14H20FN3OS. The van der Waals surface area contributed by atoms with E-state index in [0.717, 1.165) is 31.8 Å². The molecule has 1 heterocycles. The number of thioether (sulfide) groups is 1. The molecule has 0 aliphatic carbocycles. The van der Waals surface area contributed by atoms with Crippen LogP contribution in [0.5, 0.6) is 0 Å². The van der Waals surface area contributed by atoms with Gasteiger partial charge in [0.1, 0.15) is 5.82 Å². The van der Waals surface area contributed by atoms with Gasteiger partial charge in [0.15, 0.2) is 0 Å². The molecule has 0 aromatic heterocycles. The fraction of sp³-hybridized carbons (Fsp3) is 0.500. The Morgan fingerprint density at radius 2 is 2.25 bits per heavy atom. The van der Waals surface area contributed by atoms with Crippen LogP contribution in [0.2, 0.25) is 0 Å². The molecule has 0 bridgehead atoms. The van der Waals surface area contributed by atoms with E-state index in [-0.39, 0.29) is 11.6 Å². The lowest BCUT2D eigenvalue weighted by Gasteiger charge is -2.18. The molecule has 1 aromatic carbocycles. The third-order valence-electron chi connectivity index (χ3n) is 3.23. The molecule has 0 unspecified atom stereocenters. The topological polar surface area (TPSA) is 58.4 Å². The van der Waals surface area contributed by atoms with E-state index in [4.69, 9.17) is 5.73 Å². The lowest BCUT2D eigenvalue weighted by Crippen LogP contribution is -2.30. The second-order valence-electron chi connectivity index (χ2n) is 4.85. The Balaban J connectivity index is 1.81. The summed E-state index contributed by atoms with van der Waals surface area (Å²) in [6, 6.07) is 4.17. The minimum Gasteiger partial charge on any atom is -0.399 e. The first kappa shape index (κ1) is 15.1. The minimum atomic E-state index is -0.460. The molecule has 1 amide bonds. The average molecular weight is 297 g/mol. The summed E-state index contributed by atoms with van der Waals surface area (Å²) in [5, 5.41) is 2.58. The number of nitrogen functional groups attached to an aromatic ring is 1. The number of amides is 1. The van der Waals surface area contributed by atoms with Crippen molar-refractivity contribution in [3.8, 4) is 0 Å². The van der Waals surface area contributed by atoms with E-state index in [9.17, 15) is 9.18 Å². The molecule has 1 aromatic rings. The number of nitrogens with two attached hydrogens (primary N) is 1. The SMILES string of the molecule is Nc1ccc(F)c(NC(=O)CCN2CCCSCC2)c1. The second kappa shape index (κ2) is 7.50. The third kappa shape index (κ3) is 4.68. The van der Waals surface area contributed by atoms with Gasteiger partial charge in [-0.25, -0.2) is 4.39 Å². The predicted octanol–water partition coefficient (Wildman–Crippen LogP) is 2.18. The number of carbonyl (C=O) groups excluding carboxylic acids is 1. The van der Waals surface area contributed by atoms with Crippen LogP contribution in [0.1, 0.15) is 12.8 Å². The van der Waals surface area contributed by atoms with Crippen molar-refractivity contribution < 1.29 is 9.18 Å². The number of anilines is 2. The van der Waals surface area contributed by atoms with Gasteiger partial charge in [0.2, 0.25) is 5.91 Å². The highest BCUT2D eigenvalue weighted by atomic mass is 32.2. The van der Waals surface area contributed by atoms with Crippen LogP contribution in [0.4, 0.5) is 15.8 Å². The Kier molecular flexibility index (Phi) is 5.67. The van der Waals surface area contributed by atoms with Gasteiger partial charge in [-0.2, -0.15) is 11.8 Å². The van der Waals surface area contributed by atoms with Crippen molar-refractivity contribution in [2.24, 2.45) is 0 Å². The van der Waals surface area contributed by atoms with E-state index in [1.165, 1.54) is 24.0 Å². The van der Waals surface area contributed by atoms with Crippen molar-refractivity contribution in [2.45, 2.75) is 12.8 Å². The fourth-order valence-corrected chi connectivity index (χ4v) is 3.06. The first-order valence-corrected chi connectivity index (χ1v) is 7.95. The van der Waals surface area contributed by atoms with Crippen molar-refractivity contribution in [1.29, 1.82) is 0 Å². The largest absolute Gasteiger partial charge is 0.399 e. The van der Waals surface area contributed by atoms with Crippen LogP contribution in [0.3, 0.4) is 0 Å². The molecule has 0 spiro atoms. The maximum absolute atomic E-state index is 13.5. The van der Waals surface area contributed by atoms with Gasteiger partial charge in [0.25, 0.3) is 0 Å². The van der Waals surface area contributed by atoms with E-state index in [1.807, 2.05) is 11.8 Å². The number of rotatable bonds is 4. The maximum Gasteiger partial charge on any atom is 0.225 e. The number of hydrogen-bond donors (Lipinski definition) is 2. The van der Waals surface area contributed by atoms with E-state index in [1.54, 1.807) is 0 Å². The van der Waals surface area contributed by atoms with Crippen molar-refractivity contribution in [2.75, 3.05) is 42.2 Å². The Bertz CT molecular complexity index is 462. The summed E-state index contributed by atoms with van der Waals surface area (Å²) in [7, 11) is 0. The quantitative estimate of drug-likeness (QED) is 0.836. The van der Waals surface area contributed by atoms with Gasteiger partial charge in [0.05, 0.1) is 5.69 Å². The molecule has 6 heteroatoms. The molecule has 1 saturated heterocycles. The zero-order chi connectivity index (χ0) is 14.4. The summed E-state index contributed by atoms with van der Waals surface area (Å²) < 4.78 is 13.5. The number of nitrogens with one attached hydrogen (secondary N) is 1. The van der Waals surface area contributed by atoms with Gasteiger partial charge in [-0.15, -0.1) is 0 Å². The summed E-state index contributed by atoms with van der Waals surface area (Å²) >= 11 is 1.95. The highest BCUT2D eigenvalue weighted by Crippen LogP contribution is 2.17. The van der Waals surface area contributed by atoms with Gasteiger partial charge < -0.3 is 16.0 Å². The van der Waals surface area contributed by atoms with E-state index in [2.05, 4.69) is 10.2 Å². The second-order valence-corrected chi connectivity index (χ2v) is 6.07. The highest BCUT2D eigenvalue weighted by Gasteiger charge is 2.12. The van der Waals surface area contributed by atoms with Crippen LogP contribution in [0, 0.1) is 5.82 Å². The fourth-order valence-electron chi connectivity index (χ4n) is 2.13. The van der Waals surface area contributed by atoms with Crippen LogP contribution >= 0.6 is 11.8 Å². The smallest absolute Gasteiger partial charge is 0.225 e. The molecule has 110 valence electrons. The number of benzene rings is 1. The van der Waals surface area contributed by atoms with Crippen LogP contribution < -0.4 is 11.1 Å². The first-order chi connectivity index (χ1) is 9.65. The summed E-state index contributed by atoms with van der Waals surface area (Å²) in [6.45, 7) is 2.77. The van der Waals surface area contributed by atoms with Gasteiger partial charge in [0, 0.05) is 31.0 Å². The van der Waals surface area contributed by atoms with Gasteiger partial charge in [-0.1, -0.05) is 0 Å². The van der Waals surface area contributed by atoms with Crippen LogP contribution in [-0.4, -0.2) is 41.9 Å². The zero-order valence-corrected chi connectivity index (χ0v) is 12.2. The molecule has 4 nitrogen and oxygen atoms in total. The van der Waals surface area contributed by atoms with Gasteiger partial charge >= 0.3 is 0 Å². The summed E-state index contributed by atoms with van der Waals surface area (Å²) in [4.78, 5) is 14.1. The van der Waals surface area contributed by atoms with Crippen LogP contribution in [0.15, 0.2) is 18.2 Å². The molecule has 3 N–H and O–H groups in total. The maximum atomic E-state index is 13.5. The average Bonchev–Trinajstić information content (AvgIpc) is 2.69. The molecule has 0 atom stereocenters. The minimum absolute atomic E-state index is 0.154. The predicted molar refractivity (Wildman–Crippen MR) is 82.4 cm³/mol. The molecule has 0 saturated carbocycles. The lowest BCUT2D eigenvalue weighted by molar-refractivity contribution is -0.116. The standard InChI is InChI=1S/C14H20FN3OS/c15-12-3-2-11(16)10-13(12)17-14(19)4-6-18-5-1-8-20-9-7-18/h2-3,10H,1,4-9,16H2,(H,17,19). The number of carbonyl (C=O) groups is 1. The van der Waals surface area contributed by atoms with E-state index < -0.39 is 5.82 Å². The molecule has 1 fully saturated rings. The Morgan fingerprint density at radius 1 is 1.40 bits per heavy atom. The summed E-state index contributed by atoms with van der Waals surface area (Å²) in [6.07, 6.45) is 1.54. The Labute approximate surface area is 122 Å². The zero-order valence-electron chi connectivity index (χ0n) is 11.4. The number of halogens is 1. The highest BCUT2D eigenvalue weighted by molar-refractivity contribution is 7.99. The molecule has 0 radical (unpaired) electrons. The van der Waals surface area contributed by atoms with Crippen molar-refractivity contribution >= 4 is 29.0 Å². The lowest BCUT2D eigenvalue weighted by atomic mass is 10.2. The summed E-state index contributed by atoms with van der Waals surface area (Å²) in [5.74, 6) is 1.67. The monoisotopic (exact) mass is 297 g/mol. The Hall–Kier alpha value is -1.27. The van der Waals surface area contributed by atoms with Crippen LogP contribution in [0.25, 0.3) is 0 Å². The normalized spacial score (nSPS) is 16.6. The van der Waals surface area contributed by atoms with Crippen molar-refractivity contribution in [1.82, 2.24) is 4.90 Å².